The molecule has 0 saturated heterocycles. The van der Waals surface area contributed by atoms with Crippen molar-refractivity contribution < 1.29 is 9.53 Å². The zero-order valence-electron chi connectivity index (χ0n) is 8.02. The molecule has 0 aromatic carbocycles. The van der Waals surface area contributed by atoms with Gasteiger partial charge in [0.2, 0.25) is 11.8 Å². The van der Waals surface area contributed by atoms with Crippen LogP contribution in [-0.4, -0.2) is 23.3 Å². The molecule has 0 fully saturated rings. The van der Waals surface area contributed by atoms with Crippen LogP contribution in [0.15, 0.2) is 18.3 Å². The monoisotopic (exact) mass is 212 g/mol. The highest BCUT2D eigenvalue weighted by Gasteiger charge is 2.07. The van der Waals surface area contributed by atoms with Gasteiger partial charge in [0.05, 0.1) is 24.2 Å². The second-order valence-corrected chi connectivity index (χ2v) is 3.53. The van der Waals surface area contributed by atoms with E-state index in [-0.39, 0.29) is 11.2 Å². The molecule has 0 bridgehead atoms. The van der Waals surface area contributed by atoms with Crippen molar-refractivity contribution in [1.82, 2.24) is 4.98 Å². The van der Waals surface area contributed by atoms with E-state index in [0.717, 1.165) is 0 Å². The molecule has 0 radical (unpaired) electrons. The number of pyridine rings is 1. The lowest BCUT2D eigenvalue weighted by molar-refractivity contribution is -0.115. The summed E-state index contributed by atoms with van der Waals surface area (Å²) < 4.78 is 4.88. The lowest BCUT2D eigenvalue weighted by Crippen LogP contribution is -2.20. The number of thiol groups is 1. The van der Waals surface area contributed by atoms with Crippen LogP contribution in [0.4, 0.5) is 5.69 Å². The number of ether oxygens (including phenoxy) is 1. The molecule has 1 amide bonds. The van der Waals surface area contributed by atoms with Crippen LogP contribution in [0.25, 0.3) is 0 Å². The standard InChI is InChI=1S/C9H12N2O2S/c1-6(14)9(12)11-7-3-4-8(13-2)10-5-7/h3-6,14H,1-2H3,(H,11,12). The summed E-state index contributed by atoms with van der Waals surface area (Å²) in [6, 6.07) is 3.40. The number of aromatic nitrogens is 1. The minimum Gasteiger partial charge on any atom is -0.481 e. The van der Waals surface area contributed by atoms with Gasteiger partial charge in [0, 0.05) is 6.07 Å². The fourth-order valence-electron chi connectivity index (χ4n) is 0.822. The molecule has 0 spiro atoms. The summed E-state index contributed by atoms with van der Waals surface area (Å²) in [5.41, 5.74) is 0.636. The van der Waals surface area contributed by atoms with Gasteiger partial charge in [-0.3, -0.25) is 4.79 Å². The number of nitrogens with zero attached hydrogens (tertiary/aromatic N) is 1. The first-order chi connectivity index (χ1) is 6.63. The van der Waals surface area contributed by atoms with Crippen molar-refractivity contribution in [3.8, 4) is 5.88 Å². The Balaban J connectivity index is 2.64. The van der Waals surface area contributed by atoms with Gasteiger partial charge in [0.15, 0.2) is 0 Å². The third-order valence-electron chi connectivity index (χ3n) is 1.59. The molecule has 0 aliphatic rings. The molecule has 0 aliphatic heterocycles. The average molecular weight is 212 g/mol. The third-order valence-corrected chi connectivity index (χ3v) is 1.83. The number of carbonyl (C=O) groups is 1. The topological polar surface area (TPSA) is 51.2 Å². The van der Waals surface area contributed by atoms with Crippen LogP contribution in [0.2, 0.25) is 0 Å². The summed E-state index contributed by atoms with van der Waals surface area (Å²) >= 11 is 4.00. The maximum absolute atomic E-state index is 11.2. The smallest absolute Gasteiger partial charge is 0.236 e. The zero-order valence-corrected chi connectivity index (χ0v) is 8.91. The lowest BCUT2D eigenvalue weighted by atomic mass is 10.3. The summed E-state index contributed by atoms with van der Waals surface area (Å²) in [5, 5.41) is 2.32. The highest BCUT2D eigenvalue weighted by atomic mass is 32.1. The molecule has 1 unspecified atom stereocenters. The molecule has 5 heteroatoms. The second kappa shape index (κ2) is 4.85. The van der Waals surface area contributed by atoms with E-state index in [2.05, 4.69) is 22.9 Å². The minimum atomic E-state index is -0.336. The van der Waals surface area contributed by atoms with Gasteiger partial charge in [-0.15, -0.1) is 0 Å². The SMILES string of the molecule is COc1ccc(NC(=O)C(C)S)cn1. The van der Waals surface area contributed by atoms with Crippen molar-refractivity contribution >= 4 is 24.2 Å². The van der Waals surface area contributed by atoms with Crippen LogP contribution in [0.3, 0.4) is 0 Å². The number of hydrogen-bond acceptors (Lipinski definition) is 4. The van der Waals surface area contributed by atoms with Crippen LogP contribution in [0, 0.1) is 0 Å². The summed E-state index contributed by atoms with van der Waals surface area (Å²) in [4.78, 5) is 15.2. The lowest BCUT2D eigenvalue weighted by Gasteiger charge is -2.06. The largest absolute Gasteiger partial charge is 0.481 e. The maximum atomic E-state index is 11.2. The van der Waals surface area contributed by atoms with Gasteiger partial charge in [-0.1, -0.05) is 0 Å². The predicted octanol–water partition coefficient (Wildman–Crippen LogP) is 1.35. The molecule has 1 atom stereocenters. The Hall–Kier alpha value is -1.23. The fourth-order valence-corrected chi connectivity index (χ4v) is 0.886. The van der Waals surface area contributed by atoms with Crippen molar-refractivity contribution in [3.05, 3.63) is 18.3 Å². The molecule has 1 heterocycles. The van der Waals surface area contributed by atoms with Gasteiger partial charge in [0.25, 0.3) is 0 Å². The number of hydrogen-bond donors (Lipinski definition) is 2. The van der Waals surface area contributed by atoms with Crippen LogP contribution >= 0.6 is 12.6 Å². The van der Waals surface area contributed by atoms with Crippen LogP contribution < -0.4 is 10.1 Å². The van der Waals surface area contributed by atoms with Gasteiger partial charge < -0.3 is 10.1 Å². The van der Waals surface area contributed by atoms with E-state index in [1.165, 1.54) is 13.3 Å². The molecule has 1 aromatic rings. The van der Waals surface area contributed by atoms with Gasteiger partial charge in [0.1, 0.15) is 0 Å². The Bertz CT molecular complexity index is 311. The van der Waals surface area contributed by atoms with E-state index in [4.69, 9.17) is 4.74 Å². The predicted molar refractivity (Wildman–Crippen MR) is 57.9 cm³/mol. The average Bonchev–Trinajstić information content (AvgIpc) is 2.19. The Morgan fingerprint density at radius 1 is 1.64 bits per heavy atom. The van der Waals surface area contributed by atoms with E-state index in [9.17, 15) is 4.79 Å². The van der Waals surface area contributed by atoms with Gasteiger partial charge >= 0.3 is 0 Å². The van der Waals surface area contributed by atoms with Crippen molar-refractivity contribution in [3.63, 3.8) is 0 Å². The molecule has 1 rings (SSSR count). The van der Waals surface area contributed by atoms with Crippen LogP contribution in [-0.2, 0) is 4.79 Å². The number of anilines is 1. The van der Waals surface area contributed by atoms with Gasteiger partial charge in [-0.2, -0.15) is 12.6 Å². The Morgan fingerprint density at radius 3 is 2.79 bits per heavy atom. The van der Waals surface area contributed by atoms with Crippen LogP contribution in [0.5, 0.6) is 5.88 Å². The highest BCUT2D eigenvalue weighted by molar-refractivity contribution is 7.81. The Morgan fingerprint density at radius 2 is 2.36 bits per heavy atom. The van der Waals surface area contributed by atoms with Crippen LogP contribution in [0.1, 0.15) is 6.92 Å². The van der Waals surface area contributed by atoms with E-state index in [1.54, 1.807) is 19.1 Å². The highest BCUT2D eigenvalue weighted by Crippen LogP contribution is 2.11. The van der Waals surface area contributed by atoms with E-state index >= 15 is 0 Å². The van der Waals surface area contributed by atoms with Crippen molar-refractivity contribution in [2.75, 3.05) is 12.4 Å². The fraction of sp³-hybridized carbons (Fsp3) is 0.333. The van der Waals surface area contributed by atoms with Gasteiger partial charge in [-0.25, -0.2) is 4.98 Å². The molecular formula is C9H12N2O2S. The zero-order chi connectivity index (χ0) is 10.6. The summed E-state index contributed by atoms with van der Waals surface area (Å²) in [6.45, 7) is 1.70. The Labute approximate surface area is 88.1 Å². The number of carbonyl (C=O) groups excluding carboxylic acids is 1. The quantitative estimate of drug-likeness (QED) is 0.743. The summed E-state index contributed by atoms with van der Waals surface area (Å²) in [7, 11) is 1.54. The number of methoxy groups -OCH3 is 1. The van der Waals surface area contributed by atoms with E-state index in [0.29, 0.717) is 11.6 Å². The molecule has 0 saturated carbocycles. The van der Waals surface area contributed by atoms with Gasteiger partial charge in [-0.05, 0) is 13.0 Å². The van der Waals surface area contributed by atoms with Crippen molar-refractivity contribution in [2.45, 2.75) is 12.2 Å². The van der Waals surface area contributed by atoms with Crippen molar-refractivity contribution in [2.24, 2.45) is 0 Å². The molecule has 1 N–H and O–H groups in total. The number of nitrogens with one attached hydrogen (secondary N) is 1. The molecule has 76 valence electrons. The molecular weight excluding hydrogens is 200 g/mol. The first kappa shape index (κ1) is 10.8. The first-order valence-corrected chi connectivity index (χ1v) is 4.64. The third kappa shape index (κ3) is 2.92. The summed E-state index contributed by atoms with van der Waals surface area (Å²) in [6.07, 6.45) is 1.53. The maximum Gasteiger partial charge on any atom is 0.236 e. The number of rotatable bonds is 3. The summed E-state index contributed by atoms with van der Waals surface area (Å²) in [5.74, 6) is 0.363. The van der Waals surface area contributed by atoms with Crippen molar-refractivity contribution in [1.29, 1.82) is 0 Å². The second-order valence-electron chi connectivity index (χ2n) is 2.75. The molecule has 4 nitrogen and oxygen atoms in total. The molecule has 0 aliphatic carbocycles. The minimum absolute atomic E-state index is 0.152. The number of amides is 1. The Kier molecular flexibility index (Phi) is 3.76. The van der Waals surface area contributed by atoms with E-state index in [1.807, 2.05) is 0 Å². The first-order valence-electron chi connectivity index (χ1n) is 4.12. The van der Waals surface area contributed by atoms with E-state index < -0.39 is 0 Å². The molecule has 14 heavy (non-hydrogen) atoms. The molecule has 1 aromatic heterocycles. The normalized spacial score (nSPS) is 11.9.